The summed E-state index contributed by atoms with van der Waals surface area (Å²) in [6, 6.07) is 13.8. The summed E-state index contributed by atoms with van der Waals surface area (Å²) in [5.74, 6) is -0.242. The van der Waals surface area contributed by atoms with Crippen LogP contribution in [0.25, 0.3) is 11.0 Å². The minimum Gasteiger partial charge on any atom is -0.348 e. The predicted molar refractivity (Wildman–Crippen MR) is 120 cm³/mol. The number of H-pyrrole nitrogens is 1. The van der Waals surface area contributed by atoms with Crippen LogP contribution in [-0.4, -0.2) is 25.7 Å². The lowest BCUT2D eigenvalue weighted by Crippen LogP contribution is -2.28. The van der Waals surface area contributed by atoms with E-state index in [0.717, 1.165) is 27.9 Å². The average Bonchev–Trinajstić information content (AvgIpc) is 3.04. The number of fused-ring (bicyclic) bond motifs is 1. The van der Waals surface area contributed by atoms with E-state index in [0.29, 0.717) is 16.8 Å². The summed E-state index contributed by atoms with van der Waals surface area (Å²) < 4.78 is 2.04. The molecule has 0 saturated heterocycles. The highest BCUT2D eigenvalue weighted by molar-refractivity contribution is 6.07. The van der Waals surface area contributed by atoms with Gasteiger partial charge in [0.05, 0.1) is 17.8 Å². The van der Waals surface area contributed by atoms with E-state index in [2.05, 4.69) is 39.6 Å². The van der Waals surface area contributed by atoms with Crippen molar-refractivity contribution in [2.75, 3.05) is 0 Å². The van der Waals surface area contributed by atoms with E-state index in [-0.39, 0.29) is 24.1 Å². The van der Waals surface area contributed by atoms with Crippen LogP contribution in [0.3, 0.4) is 0 Å². The summed E-state index contributed by atoms with van der Waals surface area (Å²) in [6.45, 7) is 7.86. The molecule has 0 fully saturated rings. The molecule has 0 saturated carbocycles. The highest BCUT2D eigenvalue weighted by Gasteiger charge is 2.24. The molecule has 2 N–H and O–H groups in total. The van der Waals surface area contributed by atoms with E-state index in [9.17, 15) is 9.59 Å². The van der Waals surface area contributed by atoms with Crippen LogP contribution < -0.4 is 10.9 Å². The first-order valence-electron chi connectivity index (χ1n) is 10.2. The highest BCUT2D eigenvalue weighted by atomic mass is 16.2. The number of nitrogens with zero attached hydrogens (tertiary/aromatic N) is 3. The largest absolute Gasteiger partial charge is 0.348 e. The summed E-state index contributed by atoms with van der Waals surface area (Å²) in [7, 11) is 0. The van der Waals surface area contributed by atoms with Gasteiger partial charge in [0, 0.05) is 28.9 Å². The second-order valence-corrected chi connectivity index (χ2v) is 7.81. The van der Waals surface area contributed by atoms with Gasteiger partial charge in [-0.3, -0.25) is 9.59 Å². The van der Waals surface area contributed by atoms with Crippen molar-refractivity contribution in [3.8, 4) is 0 Å². The summed E-state index contributed by atoms with van der Waals surface area (Å²) in [5.41, 5.74) is 5.15. The van der Waals surface area contributed by atoms with E-state index < -0.39 is 0 Å². The molecule has 0 aliphatic carbocycles. The number of hydrogen-bond acceptors (Lipinski definition) is 4. The second-order valence-electron chi connectivity index (χ2n) is 7.81. The molecule has 4 aromatic rings. The third kappa shape index (κ3) is 3.74. The molecule has 0 aliphatic rings. The lowest BCUT2D eigenvalue weighted by atomic mass is 10.1. The molecule has 1 unspecified atom stereocenters. The van der Waals surface area contributed by atoms with Crippen LogP contribution in [-0.2, 0) is 6.54 Å². The van der Waals surface area contributed by atoms with Crippen LogP contribution in [0, 0.1) is 20.8 Å². The maximum absolute atomic E-state index is 13.2. The molecule has 1 amide bonds. The number of nitrogens with one attached hydrogen (secondary N) is 2. The normalized spacial score (nSPS) is 12.1. The molecular weight excluding hydrogens is 390 g/mol. The van der Waals surface area contributed by atoms with Crippen molar-refractivity contribution in [2.45, 2.75) is 40.3 Å². The maximum atomic E-state index is 13.2. The zero-order valence-corrected chi connectivity index (χ0v) is 18.1. The summed E-state index contributed by atoms with van der Waals surface area (Å²) in [6.07, 6.45) is 1.59. The van der Waals surface area contributed by atoms with Crippen molar-refractivity contribution in [1.29, 1.82) is 0 Å². The molecule has 1 aromatic carbocycles. The van der Waals surface area contributed by atoms with Gasteiger partial charge in [0.15, 0.2) is 5.65 Å². The first-order valence-corrected chi connectivity index (χ1v) is 10.2. The number of pyridine rings is 1. The Balaban J connectivity index is 1.72. The van der Waals surface area contributed by atoms with Crippen LogP contribution in [0.1, 0.15) is 51.4 Å². The number of aromatic nitrogens is 4. The van der Waals surface area contributed by atoms with Crippen molar-refractivity contribution < 1.29 is 4.79 Å². The standard InChI is InChI=1S/C24H25N5O2/c1-14-12-15(2)27-23(30)20(14)13-25-24(31)21-17(4)29(22-19(21)10-11-26-28-22)16(3)18-8-6-5-7-9-18/h5-12,16H,13H2,1-4H3,(H,25,31)(H,27,30). The molecule has 3 aromatic heterocycles. The van der Waals surface area contributed by atoms with E-state index >= 15 is 0 Å². The number of amides is 1. The minimum absolute atomic E-state index is 0.0239. The summed E-state index contributed by atoms with van der Waals surface area (Å²) >= 11 is 0. The van der Waals surface area contributed by atoms with Gasteiger partial charge in [0.1, 0.15) is 0 Å². The van der Waals surface area contributed by atoms with Crippen molar-refractivity contribution in [3.05, 3.63) is 92.7 Å². The van der Waals surface area contributed by atoms with Gasteiger partial charge in [-0.1, -0.05) is 30.3 Å². The van der Waals surface area contributed by atoms with Gasteiger partial charge in [0.2, 0.25) is 0 Å². The zero-order chi connectivity index (χ0) is 22.1. The topological polar surface area (TPSA) is 92.7 Å². The maximum Gasteiger partial charge on any atom is 0.254 e. The monoisotopic (exact) mass is 415 g/mol. The Morgan fingerprint density at radius 3 is 2.61 bits per heavy atom. The van der Waals surface area contributed by atoms with E-state index in [1.54, 1.807) is 6.20 Å². The third-order valence-electron chi connectivity index (χ3n) is 5.74. The highest BCUT2D eigenvalue weighted by Crippen LogP contribution is 2.30. The van der Waals surface area contributed by atoms with E-state index in [4.69, 9.17) is 0 Å². The quantitative estimate of drug-likeness (QED) is 0.521. The van der Waals surface area contributed by atoms with E-state index in [1.807, 2.05) is 55.7 Å². The molecule has 7 nitrogen and oxygen atoms in total. The molecule has 0 radical (unpaired) electrons. The Bertz CT molecular complexity index is 1320. The minimum atomic E-state index is -0.242. The van der Waals surface area contributed by atoms with Crippen molar-refractivity contribution in [2.24, 2.45) is 0 Å². The number of aromatic amines is 1. The van der Waals surface area contributed by atoms with Gasteiger partial charge in [0.25, 0.3) is 11.5 Å². The van der Waals surface area contributed by atoms with Gasteiger partial charge >= 0.3 is 0 Å². The third-order valence-corrected chi connectivity index (χ3v) is 5.74. The fourth-order valence-corrected chi connectivity index (χ4v) is 4.17. The molecule has 7 heteroatoms. The average molecular weight is 415 g/mol. The van der Waals surface area contributed by atoms with Gasteiger partial charge in [-0.05, 0) is 51.0 Å². The number of benzene rings is 1. The Kier molecular flexibility index (Phi) is 5.42. The van der Waals surface area contributed by atoms with Crippen LogP contribution in [0.15, 0.2) is 53.5 Å². The Morgan fingerprint density at radius 2 is 1.90 bits per heavy atom. The first kappa shape index (κ1) is 20.5. The lowest BCUT2D eigenvalue weighted by molar-refractivity contribution is 0.0951. The lowest BCUT2D eigenvalue weighted by Gasteiger charge is -2.17. The fraction of sp³-hybridized carbons (Fsp3) is 0.250. The molecule has 1 atom stereocenters. The molecule has 3 heterocycles. The number of carbonyl (C=O) groups is 1. The van der Waals surface area contributed by atoms with Crippen LogP contribution >= 0.6 is 0 Å². The van der Waals surface area contributed by atoms with Gasteiger partial charge in [-0.25, -0.2) is 0 Å². The number of rotatable bonds is 5. The fourth-order valence-electron chi connectivity index (χ4n) is 4.17. The SMILES string of the molecule is Cc1cc(C)c(CNC(=O)c2c(C)n(C(C)c3ccccc3)c3nnccc23)c(=O)[nH]1. The van der Waals surface area contributed by atoms with Crippen molar-refractivity contribution in [3.63, 3.8) is 0 Å². The molecule has 31 heavy (non-hydrogen) atoms. The van der Waals surface area contributed by atoms with Crippen LogP contribution in [0.2, 0.25) is 0 Å². The zero-order valence-electron chi connectivity index (χ0n) is 18.1. The number of hydrogen-bond donors (Lipinski definition) is 2. The Labute approximate surface area is 180 Å². The molecule has 0 aliphatic heterocycles. The van der Waals surface area contributed by atoms with Crippen LogP contribution in [0.4, 0.5) is 0 Å². The second kappa shape index (κ2) is 8.18. The predicted octanol–water partition coefficient (Wildman–Crippen LogP) is 3.58. The Hall–Kier alpha value is -3.74. The van der Waals surface area contributed by atoms with Gasteiger partial charge in [-0.2, -0.15) is 5.10 Å². The summed E-state index contributed by atoms with van der Waals surface area (Å²) in [4.78, 5) is 28.3. The first-order chi connectivity index (χ1) is 14.9. The van der Waals surface area contributed by atoms with E-state index in [1.165, 1.54) is 0 Å². The smallest absolute Gasteiger partial charge is 0.254 e. The number of carbonyl (C=O) groups excluding carboxylic acids is 1. The van der Waals surface area contributed by atoms with Crippen molar-refractivity contribution in [1.82, 2.24) is 25.1 Å². The Morgan fingerprint density at radius 1 is 1.16 bits per heavy atom. The molecular formula is C24H25N5O2. The number of aryl methyl sites for hydroxylation is 2. The molecule has 0 spiro atoms. The summed E-state index contributed by atoms with van der Waals surface area (Å²) in [5, 5.41) is 12.0. The van der Waals surface area contributed by atoms with Gasteiger partial charge < -0.3 is 14.9 Å². The molecule has 0 bridgehead atoms. The molecule has 158 valence electrons. The molecule has 4 rings (SSSR count). The van der Waals surface area contributed by atoms with Crippen molar-refractivity contribution >= 4 is 16.9 Å². The van der Waals surface area contributed by atoms with Crippen LogP contribution in [0.5, 0.6) is 0 Å². The van der Waals surface area contributed by atoms with Gasteiger partial charge in [-0.15, -0.1) is 5.10 Å².